The molecule has 2 saturated heterocycles. The van der Waals surface area contributed by atoms with Crippen molar-refractivity contribution < 1.29 is 57.4 Å². The first-order valence-corrected chi connectivity index (χ1v) is 17.9. The molecule has 2 amide bonds. The Bertz CT molecular complexity index is 1810. The predicted molar refractivity (Wildman–Crippen MR) is 188 cm³/mol. The molecular formula is C37H45FN6O11. The summed E-state index contributed by atoms with van der Waals surface area (Å²) < 4.78 is 26.8. The number of anilines is 1. The van der Waals surface area contributed by atoms with Gasteiger partial charge in [0.25, 0.3) is 0 Å². The van der Waals surface area contributed by atoms with E-state index < -0.39 is 89.5 Å². The molecule has 0 spiro atoms. The quantitative estimate of drug-likeness (QED) is 0.0826. The summed E-state index contributed by atoms with van der Waals surface area (Å²) in [5.74, 6) is -5.43. The van der Waals surface area contributed by atoms with Gasteiger partial charge in [-0.05, 0) is 61.3 Å². The van der Waals surface area contributed by atoms with Crippen molar-refractivity contribution >= 4 is 35.5 Å². The number of hydrogen-bond acceptors (Lipinski definition) is 15. The molecule has 1 aromatic heterocycles. The zero-order chi connectivity index (χ0) is 40.2. The van der Waals surface area contributed by atoms with Crippen LogP contribution in [0.1, 0.15) is 94.1 Å². The molecule has 3 aliphatic rings. The van der Waals surface area contributed by atoms with Gasteiger partial charge in [0.1, 0.15) is 35.7 Å². The summed E-state index contributed by atoms with van der Waals surface area (Å²) in [6.45, 7) is 7.80. The van der Waals surface area contributed by atoms with Crippen molar-refractivity contribution in [3.63, 3.8) is 0 Å². The van der Waals surface area contributed by atoms with Crippen molar-refractivity contribution in [1.82, 2.24) is 10.3 Å². The van der Waals surface area contributed by atoms with Gasteiger partial charge in [0, 0.05) is 36.6 Å². The Kier molecular flexibility index (Phi) is 12.4. The fraction of sp³-hybridized carbons (Fsp3) is 0.541. The topological polar surface area (TPSA) is 254 Å². The van der Waals surface area contributed by atoms with Gasteiger partial charge in [-0.15, -0.1) is 0 Å². The molecule has 18 heteroatoms. The van der Waals surface area contributed by atoms with Gasteiger partial charge in [-0.25, -0.2) is 23.8 Å². The van der Waals surface area contributed by atoms with Crippen LogP contribution in [-0.2, 0) is 38.7 Å². The maximum absolute atomic E-state index is 15.5. The van der Waals surface area contributed by atoms with Gasteiger partial charge in [-0.2, -0.15) is 15.0 Å². The number of carbonyl (C=O) groups excluding carboxylic acids is 5. The molecule has 0 unspecified atom stereocenters. The highest BCUT2D eigenvalue weighted by Crippen LogP contribution is 2.47. The maximum Gasteiger partial charge on any atom is 0.365 e. The summed E-state index contributed by atoms with van der Waals surface area (Å²) in [6, 6.07) is 6.15. The Hall–Kier alpha value is -5.22. The number of nitrogens with zero attached hydrogens (tertiary/aromatic N) is 2. The van der Waals surface area contributed by atoms with E-state index in [2.05, 4.69) is 15.6 Å². The normalized spacial score (nSPS) is 25.7. The molecule has 2 aromatic rings. The van der Waals surface area contributed by atoms with E-state index in [1.54, 1.807) is 34.6 Å². The molecule has 5 rings (SSSR count). The van der Waals surface area contributed by atoms with Crippen LogP contribution in [0.5, 0.6) is 5.75 Å². The number of ether oxygens (including phenoxy) is 2. The number of esters is 1. The number of urea groups is 1. The monoisotopic (exact) mass is 768 g/mol. The number of halogens is 1. The number of nitrogens with two attached hydrogens (primary N) is 2. The van der Waals surface area contributed by atoms with Crippen LogP contribution >= 0.6 is 0 Å². The van der Waals surface area contributed by atoms with Crippen LogP contribution in [0.3, 0.4) is 0 Å². The number of ketones is 1. The van der Waals surface area contributed by atoms with Crippen LogP contribution in [-0.4, -0.2) is 70.8 Å². The average Bonchev–Trinajstić information content (AvgIpc) is 3.75. The number of amides is 2. The van der Waals surface area contributed by atoms with Crippen molar-refractivity contribution in [3.8, 4) is 11.8 Å². The van der Waals surface area contributed by atoms with E-state index in [9.17, 15) is 24.0 Å². The van der Waals surface area contributed by atoms with Crippen molar-refractivity contribution in [2.75, 3.05) is 12.1 Å². The van der Waals surface area contributed by atoms with Crippen molar-refractivity contribution in [2.45, 2.75) is 102 Å². The second-order valence-corrected chi connectivity index (χ2v) is 14.6. The molecule has 1 saturated carbocycles. The van der Waals surface area contributed by atoms with E-state index in [1.807, 2.05) is 6.07 Å². The first-order valence-electron chi connectivity index (χ1n) is 17.9. The Morgan fingerprint density at radius 3 is 2.16 bits per heavy atom. The molecule has 3 heterocycles. The van der Waals surface area contributed by atoms with Gasteiger partial charge >= 0.3 is 23.9 Å². The standard InChI is InChI=1S/C37H45FN6O11/c1-6-26(45)22-8-9-24(38)31(23-14-25(23)43-35(49)44-29-10-7-20(15-39)16-42-29)32(22)51-17-50-30(46)13-21(11-27-36(40,18(2)3)33(47)54-52-27)12-28-37(41,19(4)5)34(48)55-53-28/h7-10,16,18-19,21,23,25,27-28H,6,11-14,17,40-41H2,1-5H3,(H2,42,43,44,49)/t23-,25+,27+,28+,36+,37+/m1/s1. The molecular weight excluding hydrogens is 723 g/mol. The lowest BCUT2D eigenvalue weighted by Crippen LogP contribution is -2.58. The molecule has 0 bridgehead atoms. The van der Waals surface area contributed by atoms with Crippen molar-refractivity contribution in [2.24, 2.45) is 29.2 Å². The summed E-state index contributed by atoms with van der Waals surface area (Å²) >= 11 is 0. The van der Waals surface area contributed by atoms with E-state index in [0.29, 0.717) is 12.0 Å². The van der Waals surface area contributed by atoms with Crippen molar-refractivity contribution in [3.05, 3.63) is 53.0 Å². The number of hydrogen-bond donors (Lipinski definition) is 4. The first kappa shape index (κ1) is 41.0. The molecule has 296 valence electrons. The van der Waals surface area contributed by atoms with Crippen LogP contribution in [0.25, 0.3) is 0 Å². The van der Waals surface area contributed by atoms with Crippen LogP contribution in [0, 0.1) is 34.9 Å². The van der Waals surface area contributed by atoms with Crippen LogP contribution in [0.4, 0.5) is 15.0 Å². The highest BCUT2D eigenvalue weighted by molar-refractivity contribution is 5.99. The minimum absolute atomic E-state index is 0.00726. The van der Waals surface area contributed by atoms with Gasteiger partial charge in [-0.1, -0.05) is 34.6 Å². The summed E-state index contributed by atoms with van der Waals surface area (Å²) in [6.07, 6.45) is -0.624. The minimum atomic E-state index is -1.54. The summed E-state index contributed by atoms with van der Waals surface area (Å²) in [5.41, 5.74) is 10.3. The Morgan fingerprint density at radius 2 is 1.64 bits per heavy atom. The molecule has 6 atom stereocenters. The number of carbonyl (C=O) groups is 5. The second-order valence-electron chi connectivity index (χ2n) is 14.6. The Morgan fingerprint density at radius 1 is 1.02 bits per heavy atom. The van der Waals surface area contributed by atoms with Crippen LogP contribution in [0.2, 0.25) is 0 Å². The third-order valence-electron chi connectivity index (χ3n) is 10.5. The lowest BCUT2D eigenvalue weighted by Gasteiger charge is -2.33. The highest BCUT2D eigenvalue weighted by Gasteiger charge is 2.57. The summed E-state index contributed by atoms with van der Waals surface area (Å²) in [4.78, 5) is 88.5. The van der Waals surface area contributed by atoms with E-state index in [1.165, 1.54) is 24.4 Å². The number of pyridine rings is 1. The fourth-order valence-electron chi connectivity index (χ4n) is 6.79. The first-order chi connectivity index (χ1) is 26.0. The summed E-state index contributed by atoms with van der Waals surface area (Å²) in [7, 11) is 0. The average molecular weight is 769 g/mol. The summed E-state index contributed by atoms with van der Waals surface area (Å²) in [5, 5.41) is 14.2. The van der Waals surface area contributed by atoms with Gasteiger partial charge in [0.15, 0.2) is 16.9 Å². The number of rotatable bonds is 16. The molecule has 6 N–H and O–H groups in total. The number of nitrogens with one attached hydrogen (secondary N) is 2. The molecule has 55 heavy (non-hydrogen) atoms. The molecule has 0 radical (unpaired) electrons. The van der Waals surface area contributed by atoms with Gasteiger partial charge < -0.3 is 26.3 Å². The smallest absolute Gasteiger partial charge is 0.365 e. The second kappa shape index (κ2) is 16.7. The zero-order valence-corrected chi connectivity index (χ0v) is 31.1. The van der Waals surface area contributed by atoms with Crippen LogP contribution < -0.4 is 26.8 Å². The lowest BCUT2D eigenvalue weighted by atomic mass is 9.74. The lowest BCUT2D eigenvalue weighted by molar-refractivity contribution is -0.270. The number of nitriles is 1. The third-order valence-corrected chi connectivity index (χ3v) is 10.5. The highest BCUT2D eigenvalue weighted by atomic mass is 19.1. The fourth-order valence-corrected chi connectivity index (χ4v) is 6.79. The van der Waals surface area contributed by atoms with E-state index >= 15 is 4.39 Å². The van der Waals surface area contributed by atoms with E-state index in [4.69, 9.17) is 45.8 Å². The molecule has 17 nitrogen and oxygen atoms in total. The SMILES string of the molecule is CCC(=O)c1ccc(F)c([C@@H]2C[C@@H]2NC(=O)Nc2ccc(C#N)cn2)c1OCOC(=O)CC(C[C@@H]1OOC(=O)[C@]1(N)C(C)C)C[C@@H]1OOC(=O)[C@]1(N)C(C)C. The largest absolute Gasteiger partial charge is 0.456 e. The Balaban J connectivity index is 1.29. The number of benzene rings is 1. The molecule has 2 aliphatic heterocycles. The maximum atomic E-state index is 15.5. The molecule has 1 aromatic carbocycles. The predicted octanol–water partition coefficient (Wildman–Crippen LogP) is 3.45. The zero-order valence-electron chi connectivity index (χ0n) is 31.1. The van der Waals surface area contributed by atoms with E-state index in [0.717, 1.165) is 6.07 Å². The number of Topliss-reactive ketones (excluding diaryl/α,β-unsaturated/α-hetero) is 1. The number of aromatic nitrogens is 1. The van der Waals surface area contributed by atoms with Gasteiger partial charge in [0.05, 0.1) is 11.1 Å². The van der Waals surface area contributed by atoms with Gasteiger partial charge in [-0.3, -0.25) is 24.7 Å². The minimum Gasteiger partial charge on any atom is -0.456 e. The third kappa shape index (κ3) is 8.54. The molecule has 3 fully saturated rings. The van der Waals surface area contributed by atoms with Gasteiger partial charge in [0.2, 0.25) is 6.79 Å². The van der Waals surface area contributed by atoms with E-state index in [-0.39, 0.29) is 54.2 Å². The molecule has 1 aliphatic carbocycles. The Labute approximate surface area is 316 Å². The van der Waals surface area contributed by atoms with Crippen molar-refractivity contribution in [1.29, 1.82) is 5.26 Å². The van der Waals surface area contributed by atoms with Crippen LogP contribution in [0.15, 0.2) is 30.5 Å².